The second-order valence-corrected chi connectivity index (χ2v) is 6.37. The van der Waals surface area contributed by atoms with Crippen LogP contribution in [0.2, 0.25) is 0 Å². The Bertz CT molecular complexity index is 726. The average Bonchev–Trinajstić information content (AvgIpc) is 2.59. The van der Waals surface area contributed by atoms with E-state index in [4.69, 9.17) is 0 Å². The van der Waals surface area contributed by atoms with E-state index in [-0.39, 0.29) is 29.2 Å². The molecule has 1 aliphatic heterocycles. The van der Waals surface area contributed by atoms with Crippen LogP contribution in [-0.4, -0.2) is 29.7 Å². The molecule has 1 fully saturated rings. The number of halogens is 2. The van der Waals surface area contributed by atoms with Crippen molar-refractivity contribution in [3.8, 4) is 0 Å². The summed E-state index contributed by atoms with van der Waals surface area (Å²) in [5, 5.41) is 0. The third-order valence-corrected chi connectivity index (χ3v) is 4.76. The van der Waals surface area contributed by atoms with E-state index in [1.807, 2.05) is 0 Å². The molecule has 0 aromatic heterocycles. The fourth-order valence-corrected chi connectivity index (χ4v) is 3.44. The van der Waals surface area contributed by atoms with Crippen LogP contribution in [0.15, 0.2) is 48.5 Å². The van der Waals surface area contributed by atoms with Gasteiger partial charge in [-0.2, -0.15) is 0 Å². The topological polar surface area (TPSA) is 37.4 Å². The van der Waals surface area contributed by atoms with E-state index >= 15 is 0 Å². The van der Waals surface area contributed by atoms with Gasteiger partial charge in [0.2, 0.25) is 5.91 Å². The van der Waals surface area contributed by atoms with Crippen LogP contribution >= 0.6 is 0 Å². The van der Waals surface area contributed by atoms with Crippen LogP contribution in [0.25, 0.3) is 0 Å². The molecule has 25 heavy (non-hydrogen) atoms. The molecule has 0 saturated carbocycles. The summed E-state index contributed by atoms with van der Waals surface area (Å²) in [6.07, 6.45) is 0.295. The zero-order valence-electron chi connectivity index (χ0n) is 13.9. The van der Waals surface area contributed by atoms with Crippen LogP contribution in [0.1, 0.15) is 30.4 Å². The predicted molar refractivity (Wildman–Crippen MR) is 90.0 cm³/mol. The van der Waals surface area contributed by atoms with Crippen LogP contribution < -0.4 is 0 Å². The number of ketones is 1. The molecule has 0 spiro atoms. The number of hydrogen-bond donors (Lipinski definition) is 0. The van der Waals surface area contributed by atoms with Crippen LogP contribution in [0.4, 0.5) is 8.78 Å². The van der Waals surface area contributed by atoms with Crippen LogP contribution in [0.3, 0.4) is 0 Å². The number of benzene rings is 2. The van der Waals surface area contributed by atoms with Gasteiger partial charge in [-0.1, -0.05) is 24.3 Å². The number of carbonyl (C=O) groups is 2. The van der Waals surface area contributed by atoms with Gasteiger partial charge in [-0.05, 0) is 35.4 Å². The Labute approximate surface area is 145 Å². The van der Waals surface area contributed by atoms with E-state index in [1.165, 1.54) is 31.2 Å². The highest BCUT2D eigenvalue weighted by molar-refractivity contribution is 5.86. The second-order valence-electron chi connectivity index (χ2n) is 6.37. The Balaban J connectivity index is 2.03. The zero-order chi connectivity index (χ0) is 18.0. The minimum atomic E-state index is -0.437. The highest BCUT2D eigenvalue weighted by atomic mass is 19.1. The maximum atomic E-state index is 13.3. The van der Waals surface area contributed by atoms with Gasteiger partial charge in [0.1, 0.15) is 17.4 Å². The molecule has 0 N–H and O–H groups in total. The molecule has 2 aromatic carbocycles. The lowest BCUT2D eigenvalue weighted by Crippen LogP contribution is -2.45. The molecule has 1 unspecified atom stereocenters. The Morgan fingerprint density at radius 3 is 1.92 bits per heavy atom. The molecular formula is C20H19F2NO2. The molecule has 0 aliphatic carbocycles. The van der Waals surface area contributed by atoms with Crippen molar-refractivity contribution in [3.05, 3.63) is 71.3 Å². The molecule has 1 heterocycles. The molecule has 3 nitrogen and oxygen atoms in total. The number of hydrogen-bond acceptors (Lipinski definition) is 2. The van der Waals surface area contributed by atoms with Crippen molar-refractivity contribution in [2.45, 2.75) is 19.3 Å². The molecule has 2 aromatic rings. The molecule has 1 aliphatic rings. The minimum Gasteiger partial charge on any atom is -0.342 e. The number of amides is 1. The number of rotatable bonds is 3. The standard InChI is InChI=1S/C20H19F2NO2/c1-13(24)23-11-10-19(25)18(12-23)20(14-2-6-16(21)7-3-14)15-4-8-17(22)9-5-15/h2-9,18,20H,10-12H2,1H3. The van der Waals surface area contributed by atoms with Gasteiger partial charge in [-0.3, -0.25) is 9.59 Å². The fourth-order valence-electron chi connectivity index (χ4n) is 3.44. The smallest absolute Gasteiger partial charge is 0.219 e. The van der Waals surface area contributed by atoms with Gasteiger partial charge in [0.05, 0.1) is 0 Å². The van der Waals surface area contributed by atoms with E-state index in [9.17, 15) is 18.4 Å². The first-order chi connectivity index (χ1) is 12.0. The maximum Gasteiger partial charge on any atom is 0.219 e. The lowest BCUT2D eigenvalue weighted by atomic mass is 9.76. The van der Waals surface area contributed by atoms with Gasteiger partial charge in [0.25, 0.3) is 0 Å². The minimum absolute atomic E-state index is 0.0659. The Kier molecular flexibility index (Phi) is 4.93. The Morgan fingerprint density at radius 2 is 1.48 bits per heavy atom. The van der Waals surface area contributed by atoms with Crippen LogP contribution in [-0.2, 0) is 9.59 Å². The summed E-state index contributed by atoms with van der Waals surface area (Å²) in [4.78, 5) is 26.0. The first kappa shape index (κ1) is 17.3. The zero-order valence-corrected chi connectivity index (χ0v) is 13.9. The number of likely N-dealkylation sites (tertiary alicyclic amines) is 1. The third kappa shape index (κ3) is 3.76. The van der Waals surface area contributed by atoms with Crippen molar-refractivity contribution in [2.75, 3.05) is 13.1 Å². The first-order valence-electron chi connectivity index (χ1n) is 8.25. The van der Waals surface area contributed by atoms with Gasteiger partial charge in [0, 0.05) is 38.3 Å². The van der Waals surface area contributed by atoms with Crippen LogP contribution in [0, 0.1) is 17.6 Å². The Hall–Kier alpha value is -2.56. The number of nitrogens with zero attached hydrogens (tertiary/aromatic N) is 1. The van der Waals surface area contributed by atoms with Crippen molar-refractivity contribution in [1.82, 2.24) is 4.90 Å². The van der Waals surface area contributed by atoms with E-state index in [1.54, 1.807) is 29.2 Å². The van der Waals surface area contributed by atoms with Crippen molar-refractivity contribution < 1.29 is 18.4 Å². The largest absolute Gasteiger partial charge is 0.342 e. The average molecular weight is 343 g/mol. The highest BCUT2D eigenvalue weighted by Gasteiger charge is 2.36. The monoisotopic (exact) mass is 343 g/mol. The van der Waals surface area contributed by atoms with Gasteiger partial charge >= 0.3 is 0 Å². The summed E-state index contributed by atoms with van der Waals surface area (Å²) < 4.78 is 26.6. The number of carbonyl (C=O) groups excluding carboxylic acids is 2. The maximum absolute atomic E-state index is 13.3. The molecule has 5 heteroatoms. The number of piperidine rings is 1. The SMILES string of the molecule is CC(=O)N1CCC(=O)C(C(c2ccc(F)cc2)c2ccc(F)cc2)C1. The summed E-state index contributed by atoms with van der Waals surface area (Å²) >= 11 is 0. The molecule has 130 valence electrons. The van der Waals surface area contributed by atoms with E-state index in [2.05, 4.69) is 0 Å². The second kappa shape index (κ2) is 7.13. The molecule has 1 saturated heterocycles. The summed E-state index contributed by atoms with van der Waals surface area (Å²) in [7, 11) is 0. The molecule has 0 radical (unpaired) electrons. The van der Waals surface area contributed by atoms with Gasteiger partial charge in [-0.25, -0.2) is 8.78 Å². The molecule has 1 atom stereocenters. The van der Waals surface area contributed by atoms with Crippen molar-refractivity contribution >= 4 is 11.7 Å². The van der Waals surface area contributed by atoms with Crippen molar-refractivity contribution in [2.24, 2.45) is 5.92 Å². The molecule has 3 rings (SSSR count). The van der Waals surface area contributed by atoms with E-state index in [0.29, 0.717) is 19.5 Å². The van der Waals surface area contributed by atoms with Crippen molar-refractivity contribution in [1.29, 1.82) is 0 Å². The summed E-state index contributed by atoms with van der Waals surface area (Å²) in [5.41, 5.74) is 1.55. The molecule has 0 bridgehead atoms. The third-order valence-electron chi connectivity index (χ3n) is 4.76. The molecular weight excluding hydrogens is 324 g/mol. The lowest BCUT2D eigenvalue weighted by Gasteiger charge is -2.36. The number of Topliss-reactive ketones (excluding diaryl/α,β-unsaturated/α-hetero) is 1. The van der Waals surface area contributed by atoms with Crippen molar-refractivity contribution in [3.63, 3.8) is 0 Å². The van der Waals surface area contributed by atoms with Gasteiger partial charge in [0.15, 0.2) is 0 Å². The van der Waals surface area contributed by atoms with Crippen LogP contribution in [0.5, 0.6) is 0 Å². The quantitative estimate of drug-likeness (QED) is 0.855. The lowest BCUT2D eigenvalue weighted by molar-refractivity contribution is -0.135. The predicted octanol–water partition coefficient (Wildman–Crippen LogP) is 3.53. The fraction of sp³-hybridized carbons (Fsp3) is 0.300. The summed E-state index contributed by atoms with van der Waals surface area (Å²) in [5.74, 6) is -1.51. The highest BCUT2D eigenvalue weighted by Crippen LogP contribution is 2.36. The van der Waals surface area contributed by atoms with E-state index in [0.717, 1.165) is 11.1 Å². The van der Waals surface area contributed by atoms with Gasteiger partial charge < -0.3 is 4.90 Å². The Morgan fingerprint density at radius 1 is 1.00 bits per heavy atom. The normalized spacial score (nSPS) is 17.8. The summed E-state index contributed by atoms with van der Waals surface area (Å²) in [6.45, 7) is 2.22. The van der Waals surface area contributed by atoms with E-state index < -0.39 is 5.92 Å². The molecule has 1 amide bonds. The first-order valence-corrected chi connectivity index (χ1v) is 8.25. The van der Waals surface area contributed by atoms with Gasteiger partial charge in [-0.15, -0.1) is 0 Å². The summed E-state index contributed by atoms with van der Waals surface area (Å²) in [6, 6.07) is 12.0.